The van der Waals surface area contributed by atoms with Crippen LogP contribution in [0.15, 0.2) is 23.5 Å². The molecule has 0 N–H and O–H groups in total. The number of ether oxygens (including phenoxy) is 2. The molecular weight excluding hydrogens is 344 g/mol. The molecule has 0 heterocycles. The topological polar surface area (TPSA) is 44.8 Å². The van der Waals surface area contributed by atoms with E-state index in [0.29, 0.717) is 5.92 Å². The Morgan fingerprint density at radius 1 is 1.12 bits per heavy atom. The van der Waals surface area contributed by atoms with E-state index in [-0.39, 0.29) is 22.8 Å². The van der Waals surface area contributed by atoms with Crippen molar-refractivity contribution in [3.05, 3.63) is 23.5 Å². The maximum absolute atomic E-state index is 11.7. The molecule has 0 saturated carbocycles. The molecule has 0 radical (unpaired) electrons. The Hall–Kier alpha value is -1.07. The average molecular weight is 385 g/mol. The lowest BCUT2D eigenvalue weighted by molar-refractivity contribution is -0.139. The minimum atomic E-state index is -1.87. The molecule has 0 aromatic carbocycles. The zero-order valence-corrected chi connectivity index (χ0v) is 19.7. The summed E-state index contributed by atoms with van der Waals surface area (Å²) in [4.78, 5) is 11.7. The molecule has 0 unspecified atom stereocenters. The highest BCUT2D eigenvalue weighted by molar-refractivity contribution is 6.74. The minimum absolute atomic E-state index is 0.147. The Balaban J connectivity index is 5.59. The normalized spacial score (nSPS) is 17.5. The van der Waals surface area contributed by atoms with Crippen molar-refractivity contribution < 1.29 is 18.7 Å². The maximum Gasteiger partial charge on any atom is 0.373 e. The van der Waals surface area contributed by atoms with Gasteiger partial charge in [0.1, 0.15) is 0 Å². The third-order valence-electron chi connectivity index (χ3n) is 5.45. The number of carbonyl (C=O) groups is 1. The Kier molecular flexibility index (Phi) is 9.88. The zero-order valence-electron chi connectivity index (χ0n) is 18.7. The van der Waals surface area contributed by atoms with Crippen LogP contribution in [0, 0.1) is 11.8 Å². The fourth-order valence-electron chi connectivity index (χ4n) is 2.56. The highest BCUT2D eigenvalue weighted by Gasteiger charge is 2.40. The number of allylic oxidation sites excluding steroid dienone is 2. The summed E-state index contributed by atoms with van der Waals surface area (Å²) in [6.45, 7) is 20.0. The summed E-state index contributed by atoms with van der Waals surface area (Å²) < 4.78 is 16.6. The van der Waals surface area contributed by atoms with Gasteiger partial charge < -0.3 is 13.9 Å². The average Bonchev–Trinajstić information content (AvgIpc) is 2.54. The van der Waals surface area contributed by atoms with Gasteiger partial charge in [0.2, 0.25) is 5.76 Å². The molecule has 5 heteroatoms. The van der Waals surface area contributed by atoms with E-state index >= 15 is 0 Å². The summed E-state index contributed by atoms with van der Waals surface area (Å²) >= 11 is 0. The molecular formula is C21H40O4Si. The molecule has 0 aliphatic carbocycles. The van der Waals surface area contributed by atoms with Crippen LogP contribution in [0.5, 0.6) is 0 Å². The van der Waals surface area contributed by atoms with Crippen LogP contribution in [0.25, 0.3) is 0 Å². The summed E-state index contributed by atoms with van der Waals surface area (Å²) in [5, 5.41) is 0.172. The van der Waals surface area contributed by atoms with Gasteiger partial charge in [-0.25, -0.2) is 4.79 Å². The fourth-order valence-corrected chi connectivity index (χ4v) is 4.04. The van der Waals surface area contributed by atoms with Gasteiger partial charge in [-0.05, 0) is 43.0 Å². The molecule has 0 aromatic heterocycles. The van der Waals surface area contributed by atoms with Crippen molar-refractivity contribution in [3.8, 4) is 0 Å². The molecule has 0 aliphatic heterocycles. The first-order valence-corrected chi connectivity index (χ1v) is 12.4. The summed E-state index contributed by atoms with van der Waals surface area (Å²) in [6.07, 6.45) is 5.10. The van der Waals surface area contributed by atoms with Crippen LogP contribution in [0.1, 0.15) is 54.9 Å². The van der Waals surface area contributed by atoms with Crippen LogP contribution in [0.4, 0.5) is 0 Å². The van der Waals surface area contributed by atoms with Crippen LogP contribution in [-0.4, -0.2) is 34.6 Å². The highest BCUT2D eigenvalue weighted by atomic mass is 28.4. The second-order valence-electron chi connectivity index (χ2n) is 8.70. The third kappa shape index (κ3) is 7.27. The highest BCUT2D eigenvalue weighted by Crippen LogP contribution is 2.39. The predicted molar refractivity (Wildman–Crippen MR) is 112 cm³/mol. The Morgan fingerprint density at radius 2 is 1.65 bits per heavy atom. The first-order chi connectivity index (χ1) is 11.8. The summed E-state index contributed by atoms with van der Waals surface area (Å²) in [6, 6.07) is 0. The van der Waals surface area contributed by atoms with Crippen molar-refractivity contribution in [2.45, 2.75) is 79.1 Å². The second-order valence-corrected chi connectivity index (χ2v) is 13.5. The van der Waals surface area contributed by atoms with Crippen molar-refractivity contribution in [1.29, 1.82) is 0 Å². The van der Waals surface area contributed by atoms with E-state index in [1.54, 1.807) is 6.08 Å². The van der Waals surface area contributed by atoms with Gasteiger partial charge in [-0.2, -0.15) is 0 Å². The van der Waals surface area contributed by atoms with Gasteiger partial charge in [-0.1, -0.05) is 59.6 Å². The number of carbonyl (C=O) groups excluding carboxylic acids is 1. The van der Waals surface area contributed by atoms with Gasteiger partial charge in [0.15, 0.2) is 8.32 Å². The van der Waals surface area contributed by atoms with E-state index in [9.17, 15) is 4.79 Å². The van der Waals surface area contributed by atoms with Crippen LogP contribution < -0.4 is 0 Å². The van der Waals surface area contributed by atoms with Crippen molar-refractivity contribution >= 4 is 14.3 Å². The van der Waals surface area contributed by atoms with Gasteiger partial charge in [0, 0.05) is 0 Å². The van der Waals surface area contributed by atoms with Gasteiger partial charge >= 0.3 is 5.97 Å². The molecule has 26 heavy (non-hydrogen) atoms. The van der Waals surface area contributed by atoms with E-state index in [2.05, 4.69) is 60.7 Å². The first kappa shape index (κ1) is 24.9. The molecule has 4 nitrogen and oxygen atoms in total. The quantitative estimate of drug-likeness (QED) is 0.168. The van der Waals surface area contributed by atoms with Crippen molar-refractivity contribution in [3.63, 3.8) is 0 Å². The molecule has 0 aromatic rings. The van der Waals surface area contributed by atoms with Crippen molar-refractivity contribution in [1.82, 2.24) is 0 Å². The Morgan fingerprint density at radius 3 is 2.04 bits per heavy atom. The molecule has 0 aliphatic rings. The van der Waals surface area contributed by atoms with Crippen molar-refractivity contribution in [2.75, 3.05) is 14.2 Å². The Bertz CT molecular complexity index is 515. The molecule has 0 spiro atoms. The number of hydrogen-bond donors (Lipinski definition) is 0. The molecule has 3 atom stereocenters. The van der Waals surface area contributed by atoms with E-state index in [1.165, 1.54) is 14.2 Å². The zero-order chi connectivity index (χ0) is 20.7. The first-order valence-electron chi connectivity index (χ1n) is 9.50. The number of rotatable bonds is 9. The number of methoxy groups -OCH3 is 2. The largest absolute Gasteiger partial charge is 0.490 e. The van der Waals surface area contributed by atoms with Gasteiger partial charge in [0.05, 0.1) is 20.3 Å². The fraction of sp³-hybridized carbons (Fsp3) is 0.762. The van der Waals surface area contributed by atoms with E-state index in [4.69, 9.17) is 13.9 Å². The molecule has 152 valence electrons. The molecule has 0 amide bonds. The van der Waals surface area contributed by atoms with Crippen LogP contribution >= 0.6 is 0 Å². The monoisotopic (exact) mass is 384 g/mol. The summed E-state index contributed by atoms with van der Waals surface area (Å²) in [7, 11) is 0.957. The van der Waals surface area contributed by atoms with Gasteiger partial charge in [-0.15, -0.1) is 0 Å². The number of hydrogen-bond acceptors (Lipinski definition) is 4. The summed E-state index contributed by atoms with van der Waals surface area (Å²) in [5.74, 6) is 0.420. The lowest BCUT2D eigenvalue weighted by atomic mass is 9.90. The predicted octanol–water partition coefficient (Wildman–Crippen LogP) is 5.71. The summed E-state index contributed by atoms with van der Waals surface area (Å²) in [5.41, 5.74) is 0.965. The van der Waals surface area contributed by atoms with Crippen LogP contribution in [0.2, 0.25) is 18.1 Å². The smallest absolute Gasteiger partial charge is 0.373 e. The van der Waals surface area contributed by atoms with Crippen molar-refractivity contribution in [2.24, 2.45) is 11.8 Å². The van der Waals surface area contributed by atoms with Crippen LogP contribution in [0.3, 0.4) is 0 Å². The molecule has 0 rings (SSSR count). The van der Waals surface area contributed by atoms with Crippen LogP contribution in [-0.2, 0) is 18.7 Å². The Labute approximate surface area is 162 Å². The van der Waals surface area contributed by atoms with Gasteiger partial charge in [-0.3, -0.25) is 0 Å². The molecule has 0 bridgehead atoms. The third-order valence-corrected chi connectivity index (χ3v) is 9.92. The SMILES string of the molecule is CC[C@@H](C)[C@H](O[Si](C)(C)C(C)(C)C)[C@H](C)/C=C(C)/C=C(\OC)C(=O)OC. The van der Waals surface area contributed by atoms with Gasteiger partial charge in [0.25, 0.3) is 0 Å². The lowest BCUT2D eigenvalue weighted by Gasteiger charge is -2.42. The van der Waals surface area contributed by atoms with E-state index < -0.39 is 14.3 Å². The standard InChI is InChI=1S/C21H40O4Si/c1-12-16(3)19(25-26(10,11)21(5,6)7)17(4)13-15(2)14-18(23-8)20(22)24-9/h13-14,16-17,19H,12H2,1-11H3/b15-13+,18-14-/t16-,17-,19+/m1/s1. The second kappa shape index (κ2) is 10.3. The van der Waals surface area contributed by atoms with E-state index in [0.717, 1.165) is 12.0 Å². The van der Waals surface area contributed by atoms with E-state index in [1.807, 2.05) is 6.92 Å². The molecule has 0 saturated heterocycles. The minimum Gasteiger partial charge on any atom is -0.490 e. The maximum atomic E-state index is 11.7. The number of esters is 1. The lowest BCUT2D eigenvalue weighted by Crippen LogP contribution is -2.47. The molecule has 0 fully saturated rings.